The van der Waals surface area contributed by atoms with E-state index in [1.165, 1.54) is 0 Å². The lowest BCUT2D eigenvalue weighted by Crippen LogP contribution is -2.08. The summed E-state index contributed by atoms with van der Waals surface area (Å²) in [5.74, 6) is 0.0414. The maximum atomic E-state index is 11.8. The standard InChI is InChI=1S/C14H16N4O3/c1-3-21-14(20)12-9(2)16-18-13(12)17-15-8-10-4-6-11(19)7-5-10/h4-8,19H,3H2,1-2H3,(H2,16,17,18). The maximum absolute atomic E-state index is 11.8. The van der Waals surface area contributed by atoms with Crippen LogP contribution < -0.4 is 5.43 Å². The molecule has 21 heavy (non-hydrogen) atoms. The van der Waals surface area contributed by atoms with Crippen LogP contribution in [0.5, 0.6) is 5.75 Å². The monoisotopic (exact) mass is 288 g/mol. The van der Waals surface area contributed by atoms with Crippen LogP contribution in [0.3, 0.4) is 0 Å². The zero-order valence-electron chi connectivity index (χ0n) is 11.8. The smallest absolute Gasteiger partial charge is 0.343 e. The van der Waals surface area contributed by atoms with Crippen molar-refractivity contribution in [1.29, 1.82) is 0 Å². The van der Waals surface area contributed by atoms with E-state index in [2.05, 4.69) is 20.7 Å². The molecule has 2 aromatic rings. The zero-order chi connectivity index (χ0) is 15.2. The molecule has 0 saturated carbocycles. The lowest BCUT2D eigenvalue weighted by molar-refractivity contribution is 0.0526. The number of nitrogens with zero attached hydrogens (tertiary/aromatic N) is 2. The molecule has 0 aliphatic carbocycles. The summed E-state index contributed by atoms with van der Waals surface area (Å²) in [6.45, 7) is 3.76. The first-order chi connectivity index (χ1) is 10.1. The lowest BCUT2D eigenvalue weighted by Gasteiger charge is -2.02. The number of anilines is 1. The second-order valence-corrected chi connectivity index (χ2v) is 4.25. The van der Waals surface area contributed by atoms with E-state index < -0.39 is 5.97 Å². The number of hydrogen-bond donors (Lipinski definition) is 3. The molecule has 2 rings (SSSR count). The van der Waals surface area contributed by atoms with Crippen molar-refractivity contribution in [2.24, 2.45) is 5.10 Å². The van der Waals surface area contributed by atoms with Crippen LogP contribution in [0.2, 0.25) is 0 Å². The van der Waals surface area contributed by atoms with Gasteiger partial charge in [0, 0.05) is 5.69 Å². The number of nitrogens with one attached hydrogen (secondary N) is 2. The average molecular weight is 288 g/mol. The van der Waals surface area contributed by atoms with Crippen molar-refractivity contribution in [3.63, 3.8) is 0 Å². The van der Waals surface area contributed by atoms with Crippen molar-refractivity contribution in [1.82, 2.24) is 10.2 Å². The Labute approximate surface area is 121 Å². The number of phenols is 1. The molecule has 3 N–H and O–H groups in total. The van der Waals surface area contributed by atoms with E-state index in [-0.39, 0.29) is 5.75 Å². The predicted octanol–water partition coefficient (Wildman–Crippen LogP) is 2.05. The fourth-order valence-electron chi connectivity index (χ4n) is 1.69. The second kappa shape index (κ2) is 6.56. The van der Waals surface area contributed by atoms with Gasteiger partial charge in [0.15, 0.2) is 5.82 Å². The van der Waals surface area contributed by atoms with E-state index >= 15 is 0 Å². The van der Waals surface area contributed by atoms with Gasteiger partial charge in [-0.1, -0.05) is 0 Å². The predicted molar refractivity (Wildman–Crippen MR) is 78.6 cm³/mol. The summed E-state index contributed by atoms with van der Waals surface area (Å²) in [5.41, 5.74) is 4.44. The molecule has 0 amide bonds. The number of ether oxygens (including phenoxy) is 1. The van der Waals surface area contributed by atoms with Crippen molar-refractivity contribution >= 4 is 18.0 Å². The number of hydrazone groups is 1. The fourth-order valence-corrected chi connectivity index (χ4v) is 1.69. The Hall–Kier alpha value is -2.83. The first kappa shape index (κ1) is 14.6. The second-order valence-electron chi connectivity index (χ2n) is 4.25. The molecule has 0 fully saturated rings. The molecule has 1 aromatic heterocycles. The number of carbonyl (C=O) groups is 1. The average Bonchev–Trinajstić information content (AvgIpc) is 2.82. The third kappa shape index (κ3) is 3.59. The number of H-pyrrole nitrogens is 1. The summed E-state index contributed by atoms with van der Waals surface area (Å²) >= 11 is 0. The normalized spacial score (nSPS) is 10.8. The maximum Gasteiger partial charge on any atom is 0.343 e. The molecular formula is C14H16N4O3. The summed E-state index contributed by atoms with van der Waals surface area (Å²) in [6, 6.07) is 6.54. The molecule has 0 spiro atoms. The first-order valence-electron chi connectivity index (χ1n) is 6.42. The molecule has 1 aromatic carbocycles. The van der Waals surface area contributed by atoms with Gasteiger partial charge in [-0.05, 0) is 43.7 Å². The van der Waals surface area contributed by atoms with Crippen molar-refractivity contribution in [2.45, 2.75) is 13.8 Å². The van der Waals surface area contributed by atoms with Crippen molar-refractivity contribution in [3.05, 3.63) is 41.1 Å². The first-order valence-corrected chi connectivity index (χ1v) is 6.42. The van der Waals surface area contributed by atoms with Crippen LogP contribution in [0.4, 0.5) is 5.82 Å². The Bertz CT molecular complexity index is 647. The SMILES string of the molecule is CCOC(=O)c1c(NN=Cc2ccc(O)cc2)n[nH]c1C. The van der Waals surface area contributed by atoms with Crippen LogP contribution in [-0.2, 0) is 4.74 Å². The highest BCUT2D eigenvalue weighted by Gasteiger charge is 2.18. The molecule has 1 heterocycles. The molecule has 0 atom stereocenters. The minimum Gasteiger partial charge on any atom is -0.508 e. The number of phenolic OH excluding ortho intramolecular Hbond substituents is 1. The Morgan fingerprint density at radius 1 is 1.48 bits per heavy atom. The van der Waals surface area contributed by atoms with Crippen LogP contribution in [0, 0.1) is 6.92 Å². The molecule has 110 valence electrons. The van der Waals surface area contributed by atoms with Crippen LogP contribution in [-0.4, -0.2) is 34.1 Å². The van der Waals surface area contributed by atoms with Crippen molar-refractivity contribution in [3.8, 4) is 5.75 Å². The van der Waals surface area contributed by atoms with E-state index in [0.29, 0.717) is 23.7 Å². The number of hydrogen-bond acceptors (Lipinski definition) is 6. The van der Waals surface area contributed by atoms with Gasteiger partial charge in [-0.3, -0.25) is 10.5 Å². The van der Waals surface area contributed by atoms with Gasteiger partial charge in [-0.25, -0.2) is 4.79 Å². The minimum absolute atomic E-state index is 0.188. The number of esters is 1. The number of aromatic nitrogens is 2. The molecule has 7 heteroatoms. The van der Waals surface area contributed by atoms with E-state index in [9.17, 15) is 9.90 Å². The van der Waals surface area contributed by atoms with Gasteiger partial charge in [0.2, 0.25) is 0 Å². The summed E-state index contributed by atoms with van der Waals surface area (Å²) in [5, 5.41) is 19.9. The van der Waals surface area contributed by atoms with Gasteiger partial charge in [0.25, 0.3) is 0 Å². The number of aryl methyl sites for hydroxylation is 1. The van der Waals surface area contributed by atoms with Crippen LogP contribution in [0.15, 0.2) is 29.4 Å². The van der Waals surface area contributed by atoms with E-state index in [1.807, 2.05) is 0 Å². The van der Waals surface area contributed by atoms with Crippen molar-refractivity contribution in [2.75, 3.05) is 12.0 Å². The highest BCUT2D eigenvalue weighted by molar-refractivity contribution is 5.96. The summed E-state index contributed by atoms with van der Waals surface area (Å²) in [6.07, 6.45) is 1.55. The summed E-state index contributed by atoms with van der Waals surface area (Å²) in [4.78, 5) is 11.8. The number of carbonyl (C=O) groups excluding carboxylic acids is 1. The molecule has 0 saturated heterocycles. The van der Waals surface area contributed by atoms with Gasteiger partial charge in [0.1, 0.15) is 11.3 Å². The molecule has 7 nitrogen and oxygen atoms in total. The number of aromatic hydroxyl groups is 1. The Kier molecular flexibility index (Phi) is 4.55. The molecule has 0 bridgehead atoms. The largest absolute Gasteiger partial charge is 0.508 e. The van der Waals surface area contributed by atoms with Gasteiger partial charge in [-0.2, -0.15) is 10.2 Å². The molecule has 0 aliphatic heterocycles. The van der Waals surface area contributed by atoms with Gasteiger partial charge < -0.3 is 9.84 Å². The van der Waals surface area contributed by atoms with Crippen molar-refractivity contribution < 1.29 is 14.6 Å². The molecule has 0 unspecified atom stereocenters. The number of aromatic amines is 1. The Morgan fingerprint density at radius 2 is 2.19 bits per heavy atom. The third-order valence-electron chi connectivity index (χ3n) is 2.70. The highest BCUT2D eigenvalue weighted by Crippen LogP contribution is 2.17. The van der Waals surface area contributed by atoms with Crippen LogP contribution in [0.1, 0.15) is 28.5 Å². The highest BCUT2D eigenvalue weighted by atomic mass is 16.5. The molecule has 0 radical (unpaired) electrons. The summed E-state index contributed by atoms with van der Waals surface area (Å²) < 4.78 is 4.97. The molecular weight excluding hydrogens is 272 g/mol. The Balaban J connectivity index is 2.10. The Morgan fingerprint density at radius 3 is 2.86 bits per heavy atom. The quantitative estimate of drug-likeness (QED) is 0.444. The van der Waals surface area contributed by atoms with Gasteiger partial charge in [0.05, 0.1) is 12.8 Å². The van der Waals surface area contributed by atoms with E-state index in [1.54, 1.807) is 44.3 Å². The molecule has 0 aliphatic rings. The van der Waals surface area contributed by atoms with E-state index in [4.69, 9.17) is 4.74 Å². The van der Waals surface area contributed by atoms with Gasteiger partial charge in [-0.15, -0.1) is 0 Å². The lowest BCUT2D eigenvalue weighted by atomic mass is 10.2. The van der Waals surface area contributed by atoms with Crippen LogP contribution >= 0.6 is 0 Å². The topological polar surface area (TPSA) is 99.6 Å². The minimum atomic E-state index is -0.453. The van der Waals surface area contributed by atoms with Gasteiger partial charge >= 0.3 is 5.97 Å². The number of benzene rings is 1. The third-order valence-corrected chi connectivity index (χ3v) is 2.70. The fraction of sp³-hybridized carbons (Fsp3) is 0.214. The number of rotatable bonds is 5. The van der Waals surface area contributed by atoms with Crippen LogP contribution in [0.25, 0.3) is 0 Å². The zero-order valence-corrected chi connectivity index (χ0v) is 11.8. The summed E-state index contributed by atoms with van der Waals surface area (Å²) in [7, 11) is 0. The van der Waals surface area contributed by atoms with E-state index in [0.717, 1.165) is 5.56 Å².